The van der Waals surface area contributed by atoms with Crippen LogP contribution in [0.5, 0.6) is 0 Å². The Labute approximate surface area is 112 Å². The van der Waals surface area contributed by atoms with E-state index >= 15 is 0 Å². The summed E-state index contributed by atoms with van der Waals surface area (Å²) in [6.07, 6.45) is 0. The first-order valence-electron chi connectivity index (χ1n) is 4.27. The van der Waals surface area contributed by atoms with Crippen molar-refractivity contribution in [3.05, 3.63) is 45.5 Å². The van der Waals surface area contributed by atoms with Gasteiger partial charge < -0.3 is 0 Å². The fourth-order valence-electron chi connectivity index (χ4n) is 1.02. The molecular formula is C10H5Cl3N2S. The lowest BCUT2D eigenvalue weighted by Crippen LogP contribution is -1.84. The van der Waals surface area contributed by atoms with Crippen LogP contribution in [0.25, 0.3) is 0 Å². The van der Waals surface area contributed by atoms with E-state index in [1.807, 2.05) is 6.07 Å². The third-order valence-corrected chi connectivity index (χ3v) is 3.58. The first-order valence-corrected chi connectivity index (χ1v) is 6.22. The van der Waals surface area contributed by atoms with E-state index in [2.05, 4.69) is 10.2 Å². The molecule has 2 nitrogen and oxygen atoms in total. The van der Waals surface area contributed by atoms with Crippen molar-refractivity contribution in [2.75, 3.05) is 0 Å². The molecule has 0 aliphatic heterocycles. The summed E-state index contributed by atoms with van der Waals surface area (Å²) in [6, 6.07) is 8.88. The summed E-state index contributed by atoms with van der Waals surface area (Å²) in [5.74, 6) is 0. The molecule has 1 aromatic heterocycles. The first kappa shape index (κ1) is 12.0. The van der Waals surface area contributed by atoms with E-state index in [9.17, 15) is 0 Å². The van der Waals surface area contributed by atoms with Crippen molar-refractivity contribution < 1.29 is 0 Å². The molecule has 82 valence electrons. The third kappa shape index (κ3) is 3.01. The number of hydrogen-bond donors (Lipinski definition) is 0. The standard InChI is InChI=1S/C10H5Cl3N2S/c11-7-2-1-6(5-8(7)12)16-10-4-3-9(13)14-15-10/h1-5H. The molecule has 1 heterocycles. The number of nitrogens with zero attached hydrogens (tertiary/aromatic N) is 2. The summed E-state index contributed by atoms with van der Waals surface area (Å²) in [4.78, 5) is 0.950. The molecule has 1 aromatic carbocycles. The van der Waals surface area contributed by atoms with Gasteiger partial charge in [-0.15, -0.1) is 10.2 Å². The van der Waals surface area contributed by atoms with Crippen LogP contribution in [0.3, 0.4) is 0 Å². The molecular weight excluding hydrogens is 287 g/mol. The molecule has 0 spiro atoms. The maximum Gasteiger partial charge on any atom is 0.151 e. The molecule has 16 heavy (non-hydrogen) atoms. The Morgan fingerprint density at radius 3 is 2.31 bits per heavy atom. The molecule has 0 fully saturated rings. The van der Waals surface area contributed by atoms with E-state index in [1.165, 1.54) is 11.8 Å². The maximum atomic E-state index is 5.90. The lowest BCUT2D eigenvalue weighted by molar-refractivity contribution is 0.930. The van der Waals surface area contributed by atoms with Gasteiger partial charge in [0, 0.05) is 4.90 Å². The van der Waals surface area contributed by atoms with Gasteiger partial charge in [-0.3, -0.25) is 0 Å². The van der Waals surface area contributed by atoms with Crippen molar-refractivity contribution in [3.63, 3.8) is 0 Å². The van der Waals surface area contributed by atoms with Crippen LogP contribution in [0.4, 0.5) is 0 Å². The van der Waals surface area contributed by atoms with Gasteiger partial charge in [-0.1, -0.05) is 46.6 Å². The first-order chi connectivity index (χ1) is 7.65. The quantitative estimate of drug-likeness (QED) is 0.809. The molecule has 6 heteroatoms. The summed E-state index contributed by atoms with van der Waals surface area (Å²) >= 11 is 18.8. The lowest BCUT2D eigenvalue weighted by Gasteiger charge is -2.01. The number of aromatic nitrogens is 2. The average molecular weight is 292 g/mol. The van der Waals surface area contributed by atoms with Crippen molar-refractivity contribution in [1.82, 2.24) is 10.2 Å². The van der Waals surface area contributed by atoms with E-state index in [-0.39, 0.29) is 0 Å². The summed E-state index contributed by atoms with van der Waals surface area (Å²) < 4.78 is 0. The minimum atomic E-state index is 0.374. The van der Waals surface area contributed by atoms with E-state index < -0.39 is 0 Å². The Bertz CT molecular complexity index is 502. The molecule has 0 saturated heterocycles. The fraction of sp³-hybridized carbons (Fsp3) is 0. The second-order valence-electron chi connectivity index (χ2n) is 2.87. The molecule has 0 atom stereocenters. The Kier molecular flexibility index (Phi) is 3.92. The van der Waals surface area contributed by atoms with E-state index in [1.54, 1.807) is 24.3 Å². The van der Waals surface area contributed by atoms with Crippen LogP contribution in [0.2, 0.25) is 15.2 Å². The highest BCUT2D eigenvalue weighted by atomic mass is 35.5. The van der Waals surface area contributed by atoms with E-state index in [0.717, 1.165) is 9.92 Å². The third-order valence-electron chi connectivity index (χ3n) is 1.72. The average Bonchev–Trinajstić information content (AvgIpc) is 2.27. The van der Waals surface area contributed by atoms with Crippen LogP contribution >= 0.6 is 46.6 Å². The number of halogens is 3. The predicted molar refractivity (Wildman–Crippen MR) is 67.6 cm³/mol. The summed E-state index contributed by atoms with van der Waals surface area (Å²) in [7, 11) is 0. The van der Waals surface area contributed by atoms with Gasteiger partial charge in [-0.25, -0.2) is 0 Å². The topological polar surface area (TPSA) is 25.8 Å². The normalized spacial score (nSPS) is 10.4. The summed E-state index contributed by atoms with van der Waals surface area (Å²) in [6.45, 7) is 0. The van der Waals surface area contributed by atoms with E-state index in [0.29, 0.717) is 15.2 Å². The molecule has 0 N–H and O–H groups in total. The molecule has 2 aromatic rings. The van der Waals surface area contributed by atoms with E-state index in [4.69, 9.17) is 34.8 Å². The molecule has 2 rings (SSSR count). The number of benzene rings is 1. The van der Waals surface area contributed by atoms with Crippen LogP contribution in [0.15, 0.2) is 40.3 Å². The Morgan fingerprint density at radius 2 is 1.69 bits per heavy atom. The monoisotopic (exact) mass is 290 g/mol. The Morgan fingerprint density at radius 1 is 0.875 bits per heavy atom. The minimum Gasteiger partial charge on any atom is -0.142 e. The van der Waals surface area contributed by atoms with Crippen molar-refractivity contribution in [3.8, 4) is 0 Å². The second-order valence-corrected chi connectivity index (χ2v) is 5.17. The number of hydrogen-bond acceptors (Lipinski definition) is 3. The number of rotatable bonds is 2. The molecule has 0 radical (unpaired) electrons. The second kappa shape index (κ2) is 5.23. The van der Waals surface area contributed by atoms with Crippen LogP contribution in [0, 0.1) is 0 Å². The van der Waals surface area contributed by atoms with Crippen molar-refractivity contribution >= 4 is 46.6 Å². The molecule has 0 saturated carbocycles. The molecule has 0 amide bonds. The summed E-state index contributed by atoms with van der Waals surface area (Å²) in [5, 5.41) is 9.86. The Balaban J connectivity index is 2.20. The largest absolute Gasteiger partial charge is 0.151 e. The van der Waals surface area contributed by atoms with Gasteiger partial charge in [-0.2, -0.15) is 0 Å². The summed E-state index contributed by atoms with van der Waals surface area (Å²) in [5.41, 5.74) is 0. The van der Waals surface area contributed by atoms with Crippen LogP contribution in [0.1, 0.15) is 0 Å². The highest BCUT2D eigenvalue weighted by molar-refractivity contribution is 7.99. The smallest absolute Gasteiger partial charge is 0.142 e. The lowest BCUT2D eigenvalue weighted by atomic mass is 10.4. The van der Waals surface area contributed by atoms with Gasteiger partial charge in [0.2, 0.25) is 0 Å². The molecule has 0 bridgehead atoms. The van der Waals surface area contributed by atoms with Crippen molar-refractivity contribution in [1.29, 1.82) is 0 Å². The minimum absolute atomic E-state index is 0.374. The molecule has 0 aliphatic carbocycles. The van der Waals surface area contributed by atoms with Crippen LogP contribution < -0.4 is 0 Å². The predicted octanol–water partition coefficient (Wildman–Crippen LogP) is 4.59. The SMILES string of the molecule is Clc1ccc(Sc2ccc(Cl)c(Cl)c2)nn1. The maximum absolute atomic E-state index is 5.90. The van der Waals surface area contributed by atoms with Crippen molar-refractivity contribution in [2.24, 2.45) is 0 Å². The zero-order valence-electron chi connectivity index (χ0n) is 7.82. The highest BCUT2D eigenvalue weighted by Gasteiger charge is 2.03. The van der Waals surface area contributed by atoms with Gasteiger partial charge in [0.25, 0.3) is 0 Å². The van der Waals surface area contributed by atoms with Gasteiger partial charge in [0.15, 0.2) is 5.15 Å². The van der Waals surface area contributed by atoms with Gasteiger partial charge in [-0.05, 0) is 30.3 Å². The van der Waals surface area contributed by atoms with Gasteiger partial charge in [0.05, 0.1) is 10.0 Å². The van der Waals surface area contributed by atoms with Crippen LogP contribution in [-0.4, -0.2) is 10.2 Å². The van der Waals surface area contributed by atoms with Gasteiger partial charge >= 0.3 is 0 Å². The molecule has 0 aliphatic rings. The zero-order chi connectivity index (χ0) is 11.5. The van der Waals surface area contributed by atoms with Gasteiger partial charge in [0.1, 0.15) is 5.03 Å². The molecule has 0 unspecified atom stereocenters. The van der Waals surface area contributed by atoms with Crippen LogP contribution in [-0.2, 0) is 0 Å². The fourth-order valence-corrected chi connectivity index (χ4v) is 2.25. The zero-order valence-corrected chi connectivity index (χ0v) is 10.9. The Hall–Kier alpha value is -0.480. The highest BCUT2D eigenvalue weighted by Crippen LogP contribution is 2.31. The van der Waals surface area contributed by atoms with Crippen molar-refractivity contribution in [2.45, 2.75) is 9.92 Å².